The highest BCUT2D eigenvalue weighted by atomic mass is 32.1. The molecule has 0 bridgehead atoms. The molecule has 0 saturated carbocycles. The molecule has 0 radical (unpaired) electrons. The van der Waals surface area contributed by atoms with Crippen molar-refractivity contribution in [3.8, 4) is 22.9 Å². The van der Waals surface area contributed by atoms with Crippen LogP contribution in [0.1, 0.15) is 5.56 Å². The first kappa shape index (κ1) is 17.9. The van der Waals surface area contributed by atoms with Crippen LogP contribution in [-0.2, 0) is 0 Å². The second-order valence-electron chi connectivity index (χ2n) is 6.09. The van der Waals surface area contributed by atoms with E-state index in [4.69, 9.17) is 21.7 Å². The quantitative estimate of drug-likeness (QED) is 0.398. The fourth-order valence-electron chi connectivity index (χ4n) is 2.97. The molecule has 1 heterocycles. The number of hydrogen-bond acceptors (Lipinski definition) is 5. The molecule has 1 N–H and O–H groups in total. The standard InChI is InChI=1S/C21H18N4O2S/c1-26-18-10-9-17(12-19(18)27-2)20-23-24-21(28)25(20)22-13-14-7-8-15-5-3-4-6-16(15)11-14/h3-13H,1-2H3,(H,24,28)/b22-13-. The number of H-pyrrole nitrogens is 1. The van der Waals surface area contributed by atoms with E-state index in [9.17, 15) is 0 Å². The highest BCUT2D eigenvalue weighted by Gasteiger charge is 2.12. The lowest BCUT2D eigenvalue weighted by molar-refractivity contribution is 0.355. The number of aromatic amines is 1. The van der Waals surface area contributed by atoms with Crippen molar-refractivity contribution in [2.75, 3.05) is 14.2 Å². The minimum Gasteiger partial charge on any atom is -0.493 e. The van der Waals surface area contributed by atoms with Crippen molar-refractivity contribution in [3.05, 3.63) is 71.0 Å². The zero-order valence-corrected chi connectivity index (χ0v) is 16.2. The third kappa shape index (κ3) is 3.39. The average Bonchev–Trinajstić information content (AvgIpc) is 3.11. The Morgan fingerprint density at radius 1 is 0.964 bits per heavy atom. The molecule has 0 amide bonds. The Balaban J connectivity index is 1.72. The molecule has 0 aliphatic heterocycles. The maximum atomic E-state index is 5.38. The minimum absolute atomic E-state index is 0.404. The van der Waals surface area contributed by atoms with Gasteiger partial charge in [0.2, 0.25) is 4.77 Å². The van der Waals surface area contributed by atoms with Gasteiger partial charge in [-0.2, -0.15) is 14.9 Å². The van der Waals surface area contributed by atoms with Crippen molar-refractivity contribution in [3.63, 3.8) is 0 Å². The summed E-state index contributed by atoms with van der Waals surface area (Å²) in [6.45, 7) is 0. The molecule has 140 valence electrons. The summed E-state index contributed by atoms with van der Waals surface area (Å²) in [5, 5.41) is 14.0. The van der Waals surface area contributed by atoms with Gasteiger partial charge in [0.25, 0.3) is 0 Å². The molecule has 0 saturated heterocycles. The molecule has 7 heteroatoms. The van der Waals surface area contributed by atoms with Gasteiger partial charge in [-0.3, -0.25) is 0 Å². The minimum atomic E-state index is 0.404. The summed E-state index contributed by atoms with van der Waals surface area (Å²) in [4.78, 5) is 0. The molecule has 0 aliphatic rings. The fourth-order valence-corrected chi connectivity index (χ4v) is 3.15. The Labute approximate surface area is 167 Å². The number of fused-ring (bicyclic) bond motifs is 1. The van der Waals surface area contributed by atoms with Crippen LogP contribution in [0, 0.1) is 4.77 Å². The maximum Gasteiger partial charge on any atom is 0.216 e. The van der Waals surface area contributed by atoms with Crippen molar-refractivity contribution in [1.29, 1.82) is 0 Å². The van der Waals surface area contributed by atoms with Crippen molar-refractivity contribution >= 4 is 29.2 Å². The van der Waals surface area contributed by atoms with E-state index in [0.29, 0.717) is 22.1 Å². The summed E-state index contributed by atoms with van der Waals surface area (Å²) >= 11 is 5.35. The van der Waals surface area contributed by atoms with Gasteiger partial charge >= 0.3 is 0 Å². The third-order valence-corrected chi connectivity index (χ3v) is 4.65. The zero-order chi connectivity index (χ0) is 19.5. The smallest absolute Gasteiger partial charge is 0.216 e. The van der Waals surface area contributed by atoms with Crippen LogP contribution in [0.25, 0.3) is 22.2 Å². The molecule has 0 fully saturated rings. The van der Waals surface area contributed by atoms with Crippen molar-refractivity contribution in [2.45, 2.75) is 0 Å². The van der Waals surface area contributed by atoms with Gasteiger partial charge in [-0.05, 0) is 52.8 Å². The number of ether oxygens (including phenoxy) is 2. The number of hydrogen-bond donors (Lipinski definition) is 1. The summed E-state index contributed by atoms with van der Waals surface area (Å²) in [5.74, 6) is 1.84. The Morgan fingerprint density at radius 3 is 2.54 bits per heavy atom. The molecule has 3 aromatic carbocycles. The first-order valence-corrected chi connectivity index (χ1v) is 9.03. The van der Waals surface area contributed by atoms with E-state index in [0.717, 1.165) is 16.5 Å². The topological polar surface area (TPSA) is 64.4 Å². The summed E-state index contributed by atoms with van der Waals surface area (Å²) in [5.41, 5.74) is 1.78. The predicted octanol–water partition coefficient (Wildman–Crippen LogP) is 4.66. The van der Waals surface area contributed by atoms with Crippen LogP contribution in [-0.4, -0.2) is 35.3 Å². The van der Waals surface area contributed by atoms with Crippen molar-refractivity contribution in [1.82, 2.24) is 14.9 Å². The largest absolute Gasteiger partial charge is 0.493 e. The summed E-state index contributed by atoms with van der Waals surface area (Å²) in [7, 11) is 3.19. The van der Waals surface area contributed by atoms with E-state index < -0.39 is 0 Å². The summed E-state index contributed by atoms with van der Waals surface area (Å²) in [6, 6.07) is 19.9. The molecule has 0 aliphatic carbocycles. The van der Waals surface area contributed by atoms with E-state index in [1.54, 1.807) is 25.1 Å². The van der Waals surface area contributed by atoms with Crippen LogP contribution in [0.5, 0.6) is 11.5 Å². The van der Waals surface area contributed by atoms with Gasteiger partial charge in [-0.25, -0.2) is 5.10 Å². The lowest BCUT2D eigenvalue weighted by atomic mass is 10.1. The van der Waals surface area contributed by atoms with Gasteiger partial charge in [0.15, 0.2) is 17.3 Å². The van der Waals surface area contributed by atoms with Gasteiger partial charge in [0.05, 0.1) is 20.4 Å². The average molecular weight is 390 g/mol. The highest BCUT2D eigenvalue weighted by Crippen LogP contribution is 2.31. The lowest BCUT2D eigenvalue weighted by Gasteiger charge is -2.09. The van der Waals surface area contributed by atoms with E-state index in [2.05, 4.69) is 39.6 Å². The lowest BCUT2D eigenvalue weighted by Crippen LogP contribution is -1.96. The van der Waals surface area contributed by atoms with E-state index in [1.165, 1.54) is 5.39 Å². The molecule has 0 spiro atoms. The molecule has 6 nitrogen and oxygen atoms in total. The molecule has 0 unspecified atom stereocenters. The van der Waals surface area contributed by atoms with Crippen LogP contribution in [0.2, 0.25) is 0 Å². The van der Waals surface area contributed by atoms with Crippen molar-refractivity contribution in [2.24, 2.45) is 5.10 Å². The first-order valence-electron chi connectivity index (χ1n) is 8.62. The molecule has 4 aromatic rings. The van der Waals surface area contributed by atoms with Crippen LogP contribution in [0.4, 0.5) is 0 Å². The van der Waals surface area contributed by atoms with E-state index in [1.807, 2.05) is 36.4 Å². The Hall–Kier alpha value is -3.45. The summed E-state index contributed by atoms with van der Waals surface area (Å²) in [6.07, 6.45) is 1.77. The van der Waals surface area contributed by atoms with Crippen LogP contribution in [0.3, 0.4) is 0 Å². The maximum absolute atomic E-state index is 5.38. The molecular weight excluding hydrogens is 372 g/mol. The Kier molecular flexibility index (Phi) is 4.90. The van der Waals surface area contributed by atoms with Crippen molar-refractivity contribution < 1.29 is 9.47 Å². The Bertz CT molecular complexity index is 1230. The van der Waals surface area contributed by atoms with Crippen LogP contribution >= 0.6 is 12.2 Å². The molecule has 4 rings (SSSR count). The monoisotopic (exact) mass is 390 g/mol. The van der Waals surface area contributed by atoms with Crippen LogP contribution < -0.4 is 9.47 Å². The zero-order valence-electron chi connectivity index (χ0n) is 15.4. The second kappa shape index (κ2) is 7.66. The van der Waals surface area contributed by atoms with Gasteiger partial charge in [-0.15, -0.1) is 0 Å². The van der Waals surface area contributed by atoms with Gasteiger partial charge in [0, 0.05) is 5.56 Å². The SMILES string of the molecule is COc1ccc(-c2n[nH]c(=S)n2/N=C\c2ccc3ccccc3c2)cc1OC. The normalized spacial score (nSPS) is 11.2. The number of rotatable bonds is 5. The van der Waals surface area contributed by atoms with Crippen LogP contribution in [0.15, 0.2) is 65.8 Å². The second-order valence-corrected chi connectivity index (χ2v) is 6.47. The number of methoxy groups -OCH3 is 2. The molecule has 0 atom stereocenters. The van der Waals surface area contributed by atoms with E-state index in [-0.39, 0.29) is 0 Å². The first-order chi connectivity index (χ1) is 13.7. The Morgan fingerprint density at radius 2 is 1.75 bits per heavy atom. The van der Waals surface area contributed by atoms with Gasteiger partial charge in [0.1, 0.15) is 0 Å². The summed E-state index contributed by atoms with van der Waals surface area (Å²) < 4.78 is 12.7. The number of aromatic nitrogens is 3. The van der Waals surface area contributed by atoms with E-state index >= 15 is 0 Å². The predicted molar refractivity (Wildman–Crippen MR) is 113 cm³/mol. The molecule has 1 aromatic heterocycles. The van der Waals surface area contributed by atoms with Gasteiger partial charge in [-0.1, -0.05) is 36.4 Å². The number of benzene rings is 3. The molecular formula is C21H18N4O2S. The third-order valence-electron chi connectivity index (χ3n) is 4.39. The van der Waals surface area contributed by atoms with Gasteiger partial charge < -0.3 is 9.47 Å². The number of nitrogens with one attached hydrogen (secondary N) is 1. The highest BCUT2D eigenvalue weighted by molar-refractivity contribution is 7.71. The number of nitrogens with zero attached hydrogens (tertiary/aromatic N) is 3. The fraction of sp³-hybridized carbons (Fsp3) is 0.0952. The molecule has 28 heavy (non-hydrogen) atoms.